The molecule has 0 spiro atoms. The topological polar surface area (TPSA) is 63.2 Å². The molecule has 0 saturated heterocycles. The van der Waals surface area contributed by atoms with E-state index in [2.05, 4.69) is 26.1 Å². The van der Waals surface area contributed by atoms with Gasteiger partial charge < -0.3 is 0 Å². The second-order valence-electron chi connectivity index (χ2n) is 6.50. The van der Waals surface area contributed by atoms with Crippen LogP contribution in [0.4, 0.5) is 5.13 Å². The van der Waals surface area contributed by atoms with E-state index in [4.69, 9.17) is 0 Å². The SMILES string of the molecule is CN(C(=O)c1ccccc1C(=O)c1ccccc1)c1nnc(-c2ccc(Br)cc2)s1. The molecule has 3 aromatic carbocycles. The van der Waals surface area contributed by atoms with E-state index in [0.717, 1.165) is 10.0 Å². The van der Waals surface area contributed by atoms with Gasteiger partial charge in [-0.1, -0.05) is 87.9 Å². The quantitative estimate of drug-likeness (QED) is 0.357. The van der Waals surface area contributed by atoms with E-state index in [1.165, 1.54) is 16.2 Å². The first-order chi connectivity index (χ1) is 14.5. The van der Waals surface area contributed by atoms with Crippen LogP contribution in [-0.2, 0) is 0 Å². The predicted octanol–water partition coefficient (Wildman–Crippen LogP) is 5.48. The Bertz CT molecular complexity index is 1210. The standard InChI is InChI=1S/C23H16BrN3O2S/c1-27(23-26-25-21(30-23)16-11-13-17(24)14-12-16)22(29)19-10-6-5-9-18(19)20(28)15-7-3-2-4-8-15/h2-14H,1H3. The number of rotatable bonds is 5. The molecule has 0 aliphatic carbocycles. The number of amides is 1. The highest BCUT2D eigenvalue weighted by Gasteiger charge is 2.23. The summed E-state index contributed by atoms with van der Waals surface area (Å²) in [7, 11) is 1.64. The number of hydrogen-bond donors (Lipinski definition) is 0. The number of benzene rings is 3. The zero-order valence-electron chi connectivity index (χ0n) is 15.9. The van der Waals surface area contributed by atoms with Gasteiger partial charge in [0.2, 0.25) is 5.13 Å². The van der Waals surface area contributed by atoms with E-state index in [1.54, 1.807) is 55.6 Å². The van der Waals surface area contributed by atoms with Gasteiger partial charge in [-0.15, -0.1) is 10.2 Å². The van der Waals surface area contributed by atoms with Crippen LogP contribution >= 0.6 is 27.3 Å². The molecule has 1 amide bonds. The number of carbonyl (C=O) groups is 2. The monoisotopic (exact) mass is 477 g/mol. The molecule has 0 saturated carbocycles. The van der Waals surface area contributed by atoms with Crippen molar-refractivity contribution in [3.63, 3.8) is 0 Å². The summed E-state index contributed by atoms with van der Waals surface area (Å²) in [5, 5.41) is 9.55. The Labute approximate surface area is 186 Å². The van der Waals surface area contributed by atoms with Crippen molar-refractivity contribution in [1.29, 1.82) is 0 Å². The lowest BCUT2D eigenvalue weighted by atomic mass is 9.98. The van der Waals surface area contributed by atoms with E-state index in [9.17, 15) is 9.59 Å². The Morgan fingerprint density at radius 3 is 2.17 bits per heavy atom. The zero-order chi connectivity index (χ0) is 21.1. The highest BCUT2D eigenvalue weighted by Crippen LogP contribution is 2.30. The predicted molar refractivity (Wildman–Crippen MR) is 122 cm³/mol. The highest BCUT2D eigenvalue weighted by atomic mass is 79.9. The lowest BCUT2D eigenvalue weighted by Crippen LogP contribution is -2.28. The Morgan fingerprint density at radius 2 is 1.47 bits per heavy atom. The smallest absolute Gasteiger partial charge is 0.260 e. The van der Waals surface area contributed by atoms with Crippen LogP contribution in [0.5, 0.6) is 0 Å². The fourth-order valence-electron chi connectivity index (χ4n) is 2.94. The molecule has 0 radical (unpaired) electrons. The van der Waals surface area contributed by atoms with Crippen molar-refractivity contribution >= 4 is 44.1 Å². The van der Waals surface area contributed by atoms with Crippen LogP contribution in [0, 0.1) is 0 Å². The van der Waals surface area contributed by atoms with Gasteiger partial charge in [-0.3, -0.25) is 14.5 Å². The molecule has 0 aliphatic rings. The van der Waals surface area contributed by atoms with Gasteiger partial charge in [0, 0.05) is 28.2 Å². The molecule has 0 fully saturated rings. The van der Waals surface area contributed by atoms with Crippen LogP contribution in [0.2, 0.25) is 0 Å². The van der Waals surface area contributed by atoms with E-state index in [1.807, 2.05) is 30.3 Å². The maximum atomic E-state index is 13.2. The molecule has 1 heterocycles. The summed E-state index contributed by atoms with van der Waals surface area (Å²) in [4.78, 5) is 27.6. The normalized spacial score (nSPS) is 10.6. The van der Waals surface area contributed by atoms with Crippen LogP contribution in [-0.4, -0.2) is 28.9 Å². The summed E-state index contributed by atoms with van der Waals surface area (Å²) >= 11 is 4.73. The third-order valence-electron chi connectivity index (χ3n) is 4.54. The van der Waals surface area contributed by atoms with Crippen LogP contribution < -0.4 is 4.90 Å². The summed E-state index contributed by atoms with van der Waals surface area (Å²) < 4.78 is 0.975. The number of nitrogens with zero attached hydrogens (tertiary/aromatic N) is 3. The molecular weight excluding hydrogens is 462 g/mol. The average Bonchev–Trinajstić information content (AvgIpc) is 3.29. The van der Waals surface area contributed by atoms with Crippen molar-refractivity contribution in [3.8, 4) is 10.6 Å². The van der Waals surface area contributed by atoms with Gasteiger partial charge in [0.15, 0.2) is 5.78 Å². The van der Waals surface area contributed by atoms with Crippen LogP contribution in [0.1, 0.15) is 26.3 Å². The van der Waals surface area contributed by atoms with Crippen LogP contribution in [0.3, 0.4) is 0 Å². The third-order valence-corrected chi connectivity index (χ3v) is 6.11. The van der Waals surface area contributed by atoms with E-state index in [-0.39, 0.29) is 11.7 Å². The number of halogens is 1. The number of anilines is 1. The molecule has 0 atom stereocenters. The lowest BCUT2D eigenvalue weighted by Gasteiger charge is -2.15. The zero-order valence-corrected chi connectivity index (χ0v) is 18.4. The Hall–Kier alpha value is -3.16. The highest BCUT2D eigenvalue weighted by molar-refractivity contribution is 9.10. The van der Waals surface area contributed by atoms with Crippen LogP contribution in [0.25, 0.3) is 10.6 Å². The van der Waals surface area contributed by atoms with Crippen molar-refractivity contribution in [1.82, 2.24) is 10.2 Å². The Kier molecular flexibility index (Phi) is 5.83. The molecule has 4 rings (SSSR count). The number of aromatic nitrogens is 2. The van der Waals surface area contributed by atoms with Gasteiger partial charge in [0.1, 0.15) is 5.01 Å². The molecule has 0 N–H and O–H groups in total. The summed E-state index contributed by atoms with van der Waals surface area (Å²) in [6.07, 6.45) is 0. The van der Waals surface area contributed by atoms with Crippen molar-refractivity contribution in [2.45, 2.75) is 0 Å². The minimum absolute atomic E-state index is 0.194. The molecule has 0 bridgehead atoms. The minimum Gasteiger partial charge on any atom is -0.289 e. The molecule has 30 heavy (non-hydrogen) atoms. The van der Waals surface area contributed by atoms with Gasteiger partial charge in [0.25, 0.3) is 5.91 Å². The van der Waals surface area contributed by atoms with E-state index >= 15 is 0 Å². The molecule has 5 nitrogen and oxygen atoms in total. The molecule has 7 heteroatoms. The van der Waals surface area contributed by atoms with Gasteiger partial charge in [-0.2, -0.15) is 0 Å². The summed E-state index contributed by atoms with van der Waals surface area (Å²) in [6, 6.07) is 23.5. The van der Waals surface area contributed by atoms with Crippen LogP contribution in [0.15, 0.2) is 83.3 Å². The Balaban J connectivity index is 1.63. The fraction of sp³-hybridized carbons (Fsp3) is 0.0435. The van der Waals surface area contributed by atoms with Crippen molar-refractivity contribution in [3.05, 3.63) is 100 Å². The lowest BCUT2D eigenvalue weighted by molar-refractivity contribution is 0.0975. The fourth-order valence-corrected chi connectivity index (χ4v) is 4.01. The van der Waals surface area contributed by atoms with E-state index in [0.29, 0.717) is 26.8 Å². The number of hydrogen-bond acceptors (Lipinski definition) is 5. The minimum atomic E-state index is -0.312. The summed E-state index contributed by atoms with van der Waals surface area (Å²) in [5.74, 6) is -0.505. The first kappa shape index (κ1) is 20.1. The molecule has 0 unspecified atom stereocenters. The van der Waals surface area contributed by atoms with Crippen molar-refractivity contribution in [2.24, 2.45) is 0 Å². The first-order valence-electron chi connectivity index (χ1n) is 9.11. The van der Waals surface area contributed by atoms with Crippen molar-refractivity contribution < 1.29 is 9.59 Å². The average molecular weight is 478 g/mol. The second-order valence-corrected chi connectivity index (χ2v) is 8.37. The molecule has 148 valence electrons. The van der Waals surface area contributed by atoms with E-state index < -0.39 is 0 Å². The largest absolute Gasteiger partial charge is 0.289 e. The molecule has 0 aliphatic heterocycles. The third kappa shape index (κ3) is 4.08. The maximum absolute atomic E-state index is 13.2. The van der Waals surface area contributed by atoms with Gasteiger partial charge >= 0.3 is 0 Å². The summed E-state index contributed by atoms with van der Waals surface area (Å²) in [5.41, 5.74) is 2.14. The Morgan fingerprint density at radius 1 is 0.833 bits per heavy atom. The van der Waals surface area contributed by atoms with Crippen molar-refractivity contribution in [2.75, 3.05) is 11.9 Å². The second kappa shape index (κ2) is 8.69. The summed E-state index contributed by atoms with van der Waals surface area (Å²) in [6.45, 7) is 0. The maximum Gasteiger partial charge on any atom is 0.260 e. The molecule has 4 aromatic rings. The molecule has 1 aromatic heterocycles. The number of ketones is 1. The molecular formula is C23H16BrN3O2S. The number of carbonyl (C=O) groups excluding carboxylic acids is 2. The first-order valence-corrected chi connectivity index (χ1v) is 10.7. The van der Waals surface area contributed by atoms with Gasteiger partial charge in [-0.25, -0.2) is 0 Å². The van der Waals surface area contributed by atoms with Gasteiger partial charge in [0.05, 0.1) is 5.56 Å². The van der Waals surface area contributed by atoms with Gasteiger partial charge in [-0.05, 0) is 18.2 Å².